The Kier molecular flexibility index (Phi) is 5.51. The minimum atomic E-state index is -0.147. The van der Waals surface area contributed by atoms with E-state index < -0.39 is 0 Å². The number of benzene rings is 2. The van der Waals surface area contributed by atoms with Crippen LogP contribution >= 0.6 is 11.6 Å². The van der Waals surface area contributed by atoms with Crippen LogP contribution in [0.2, 0.25) is 5.02 Å². The van der Waals surface area contributed by atoms with Crippen LogP contribution in [0, 0.1) is 0 Å². The predicted octanol–water partition coefficient (Wildman–Crippen LogP) is 4.04. The van der Waals surface area contributed by atoms with Gasteiger partial charge in [-0.25, -0.2) is 4.98 Å². The molecule has 0 amide bonds. The van der Waals surface area contributed by atoms with Gasteiger partial charge in [-0.15, -0.1) is 0 Å². The minimum Gasteiger partial charge on any atom is -0.495 e. The van der Waals surface area contributed by atoms with Gasteiger partial charge >= 0.3 is 0 Å². The SMILES string of the molecule is COc1cc(-c2cccc(CC(C)c3cc(=O)n(C)c(N)n3)c2)ccc1Cl. The molecule has 27 heavy (non-hydrogen) atoms. The molecule has 1 heterocycles. The minimum absolute atomic E-state index is 0.0659. The fraction of sp³-hybridized carbons (Fsp3) is 0.238. The Morgan fingerprint density at radius 2 is 1.93 bits per heavy atom. The lowest BCUT2D eigenvalue weighted by Gasteiger charge is -2.14. The van der Waals surface area contributed by atoms with Crippen LogP contribution in [0.1, 0.15) is 24.1 Å². The fourth-order valence-corrected chi connectivity index (χ4v) is 3.20. The summed E-state index contributed by atoms with van der Waals surface area (Å²) in [6.45, 7) is 2.04. The van der Waals surface area contributed by atoms with Crippen LogP contribution < -0.4 is 16.0 Å². The van der Waals surface area contributed by atoms with E-state index in [2.05, 4.69) is 17.1 Å². The van der Waals surface area contributed by atoms with Crippen LogP contribution in [0.15, 0.2) is 53.3 Å². The number of nitrogens with zero attached hydrogens (tertiary/aromatic N) is 2. The summed E-state index contributed by atoms with van der Waals surface area (Å²) in [4.78, 5) is 16.3. The second kappa shape index (κ2) is 7.84. The number of hydrogen-bond donors (Lipinski definition) is 1. The highest BCUT2D eigenvalue weighted by molar-refractivity contribution is 6.32. The lowest BCUT2D eigenvalue weighted by atomic mass is 9.95. The Hall–Kier alpha value is -2.79. The molecule has 5 nitrogen and oxygen atoms in total. The lowest BCUT2D eigenvalue weighted by Crippen LogP contribution is -2.22. The van der Waals surface area contributed by atoms with Crippen LogP contribution in [0.5, 0.6) is 5.75 Å². The normalized spacial score (nSPS) is 12.0. The Morgan fingerprint density at radius 3 is 2.63 bits per heavy atom. The Balaban J connectivity index is 1.87. The van der Waals surface area contributed by atoms with Crippen LogP contribution in [0.4, 0.5) is 5.95 Å². The van der Waals surface area contributed by atoms with E-state index >= 15 is 0 Å². The first-order chi connectivity index (χ1) is 12.9. The Bertz CT molecular complexity index is 1030. The Labute approximate surface area is 163 Å². The summed E-state index contributed by atoms with van der Waals surface area (Å²) in [6.07, 6.45) is 0.748. The van der Waals surface area contributed by atoms with E-state index in [0.29, 0.717) is 16.5 Å². The van der Waals surface area contributed by atoms with Gasteiger partial charge in [0.2, 0.25) is 5.95 Å². The van der Waals surface area contributed by atoms with Gasteiger partial charge in [0.15, 0.2) is 0 Å². The molecule has 0 saturated carbocycles. The topological polar surface area (TPSA) is 70.1 Å². The number of ether oxygens (including phenoxy) is 1. The van der Waals surface area contributed by atoms with Crippen LogP contribution in [-0.4, -0.2) is 16.7 Å². The van der Waals surface area contributed by atoms with Crippen molar-refractivity contribution in [2.75, 3.05) is 12.8 Å². The molecule has 0 fully saturated rings. The zero-order valence-electron chi connectivity index (χ0n) is 15.6. The van der Waals surface area contributed by atoms with E-state index in [0.717, 1.165) is 23.1 Å². The second-order valence-corrected chi connectivity index (χ2v) is 7.00. The van der Waals surface area contributed by atoms with Crippen molar-refractivity contribution in [3.05, 3.63) is 75.2 Å². The molecule has 2 N–H and O–H groups in total. The number of nitrogen functional groups attached to an aromatic ring is 1. The van der Waals surface area contributed by atoms with Crippen molar-refractivity contribution in [3.63, 3.8) is 0 Å². The van der Waals surface area contributed by atoms with Gasteiger partial charge in [-0.1, -0.05) is 48.9 Å². The molecule has 1 unspecified atom stereocenters. The summed E-state index contributed by atoms with van der Waals surface area (Å²) in [7, 11) is 3.22. The smallest absolute Gasteiger partial charge is 0.254 e. The van der Waals surface area contributed by atoms with E-state index in [9.17, 15) is 4.79 Å². The summed E-state index contributed by atoms with van der Waals surface area (Å²) < 4.78 is 6.65. The first-order valence-corrected chi connectivity index (χ1v) is 9.03. The molecule has 0 saturated heterocycles. The second-order valence-electron chi connectivity index (χ2n) is 6.59. The average molecular weight is 384 g/mol. The van der Waals surface area contributed by atoms with E-state index in [1.165, 1.54) is 4.57 Å². The van der Waals surface area contributed by atoms with Crippen molar-refractivity contribution >= 4 is 17.5 Å². The van der Waals surface area contributed by atoms with Crippen LogP contribution in [0.3, 0.4) is 0 Å². The zero-order valence-corrected chi connectivity index (χ0v) is 16.3. The molecule has 0 bridgehead atoms. The maximum Gasteiger partial charge on any atom is 0.254 e. The third-order valence-electron chi connectivity index (χ3n) is 4.65. The number of methoxy groups -OCH3 is 1. The van der Waals surface area contributed by atoms with Crippen molar-refractivity contribution < 1.29 is 4.74 Å². The Morgan fingerprint density at radius 1 is 1.19 bits per heavy atom. The summed E-state index contributed by atoms with van der Waals surface area (Å²) in [6, 6.07) is 15.5. The van der Waals surface area contributed by atoms with E-state index in [1.807, 2.05) is 37.3 Å². The van der Waals surface area contributed by atoms with Crippen molar-refractivity contribution in [2.45, 2.75) is 19.3 Å². The van der Waals surface area contributed by atoms with Gasteiger partial charge in [-0.3, -0.25) is 9.36 Å². The van der Waals surface area contributed by atoms with Gasteiger partial charge in [0.25, 0.3) is 5.56 Å². The summed E-state index contributed by atoms with van der Waals surface area (Å²) in [5.74, 6) is 0.940. The van der Waals surface area contributed by atoms with Crippen molar-refractivity contribution in [3.8, 4) is 16.9 Å². The molecule has 1 aromatic heterocycles. The highest BCUT2D eigenvalue weighted by atomic mass is 35.5. The maximum atomic E-state index is 12.0. The number of halogens is 1. The first kappa shape index (κ1) is 19.0. The maximum absolute atomic E-state index is 12.0. The lowest BCUT2D eigenvalue weighted by molar-refractivity contribution is 0.415. The summed E-state index contributed by atoms with van der Waals surface area (Å²) >= 11 is 6.12. The number of nitrogens with two attached hydrogens (primary N) is 1. The summed E-state index contributed by atoms with van der Waals surface area (Å²) in [5, 5.41) is 0.584. The third-order valence-corrected chi connectivity index (χ3v) is 4.96. The average Bonchev–Trinajstić information content (AvgIpc) is 2.66. The summed E-state index contributed by atoms with van der Waals surface area (Å²) in [5.41, 5.74) is 9.63. The molecular weight excluding hydrogens is 362 g/mol. The van der Waals surface area contributed by atoms with Gasteiger partial charge in [0, 0.05) is 19.0 Å². The number of rotatable bonds is 5. The van der Waals surface area contributed by atoms with Crippen molar-refractivity contribution in [2.24, 2.45) is 7.05 Å². The number of aromatic nitrogens is 2. The highest BCUT2D eigenvalue weighted by Gasteiger charge is 2.12. The predicted molar refractivity (Wildman–Crippen MR) is 109 cm³/mol. The fourth-order valence-electron chi connectivity index (χ4n) is 3.00. The monoisotopic (exact) mass is 383 g/mol. The molecule has 0 radical (unpaired) electrons. The van der Waals surface area contributed by atoms with E-state index in [4.69, 9.17) is 22.1 Å². The van der Waals surface area contributed by atoms with Crippen LogP contribution in [0.25, 0.3) is 11.1 Å². The molecule has 3 aromatic rings. The zero-order chi connectivity index (χ0) is 19.6. The highest BCUT2D eigenvalue weighted by Crippen LogP contribution is 2.31. The van der Waals surface area contributed by atoms with Crippen molar-refractivity contribution in [1.29, 1.82) is 0 Å². The standard InChI is InChI=1S/C21H22ClN3O2/c1-13(18-12-20(26)25(2)21(23)24-18)9-14-5-4-6-15(10-14)16-7-8-17(22)19(11-16)27-3/h4-8,10-13H,9H2,1-3H3,(H2,23,24). The van der Waals surface area contributed by atoms with Gasteiger partial charge in [0.05, 0.1) is 17.8 Å². The molecule has 6 heteroatoms. The van der Waals surface area contributed by atoms with E-state index in [1.54, 1.807) is 20.2 Å². The molecule has 1 atom stereocenters. The molecule has 140 valence electrons. The van der Waals surface area contributed by atoms with E-state index in [-0.39, 0.29) is 17.4 Å². The molecule has 0 aliphatic carbocycles. The third kappa shape index (κ3) is 4.14. The molecule has 2 aromatic carbocycles. The van der Waals surface area contributed by atoms with Crippen molar-refractivity contribution in [1.82, 2.24) is 9.55 Å². The van der Waals surface area contributed by atoms with Gasteiger partial charge in [-0.2, -0.15) is 0 Å². The number of hydrogen-bond acceptors (Lipinski definition) is 4. The van der Waals surface area contributed by atoms with Gasteiger partial charge in [0.1, 0.15) is 5.75 Å². The molecular formula is C21H22ClN3O2. The molecule has 3 rings (SSSR count). The number of anilines is 1. The quantitative estimate of drug-likeness (QED) is 0.721. The molecule has 0 spiro atoms. The van der Waals surface area contributed by atoms with Gasteiger partial charge in [-0.05, 0) is 35.2 Å². The molecule has 0 aliphatic rings. The molecule has 0 aliphatic heterocycles. The largest absolute Gasteiger partial charge is 0.495 e. The van der Waals surface area contributed by atoms with Crippen LogP contribution in [-0.2, 0) is 13.5 Å². The first-order valence-electron chi connectivity index (χ1n) is 8.65. The van der Waals surface area contributed by atoms with Gasteiger partial charge < -0.3 is 10.5 Å².